The molecule has 170 valence electrons. The number of hydrogen-bond donors (Lipinski definition) is 1. The van der Waals surface area contributed by atoms with Gasteiger partial charge in [-0.25, -0.2) is 4.68 Å². The zero-order valence-corrected chi connectivity index (χ0v) is 19.2. The highest BCUT2D eigenvalue weighted by atomic mass is 32.1. The average molecular weight is 465 g/mol. The van der Waals surface area contributed by atoms with Crippen LogP contribution in [0.1, 0.15) is 17.3 Å². The fraction of sp³-hybridized carbons (Fsp3) is 0.208. The highest BCUT2D eigenvalue weighted by Gasteiger charge is 2.16. The van der Waals surface area contributed by atoms with Crippen molar-refractivity contribution in [3.05, 3.63) is 71.6 Å². The maximum absolute atomic E-state index is 12.6. The Morgan fingerprint density at radius 2 is 1.94 bits per heavy atom. The van der Waals surface area contributed by atoms with Crippen LogP contribution in [0.25, 0.3) is 16.4 Å². The van der Waals surface area contributed by atoms with Crippen LogP contribution < -0.4 is 14.8 Å². The summed E-state index contributed by atoms with van der Waals surface area (Å²) >= 11 is 1.57. The van der Waals surface area contributed by atoms with Gasteiger partial charge in [-0.1, -0.05) is 12.1 Å². The van der Waals surface area contributed by atoms with Crippen molar-refractivity contribution in [3.63, 3.8) is 0 Å². The van der Waals surface area contributed by atoms with E-state index in [0.29, 0.717) is 42.6 Å². The summed E-state index contributed by atoms with van der Waals surface area (Å²) in [6, 6.07) is 18.6. The van der Waals surface area contributed by atoms with E-state index in [1.54, 1.807) is 47.4 Å². The van der Waals surface area contributed by atoms with Gasteiger partial charge in [-0.2, -0.15) is 4.98 Å². The molecule has 0 aliphatic heterocycles. The maximum atomic E-state index is 12.6. The van der Waals surface area contributed by atoms with Crippen molar-refractivity contribution < 1.29 is 19.0 Å². The second kappa shape index (κ2) is 10.8. The van der Waals surface area contributed by atoms with Gasteiger partial charge in [-0.05, 0) is 60.8 Å². The molecule has 0 saturated carbocycles. The quantitative estimate of drug-likeness (QED) is 0.343. The first-order valence-electron chi connectivity index (χ1n) is 10.4. The van der Waals surface area contributed by atoms with Gasteiger partial charge in [-0.3, -0.25) is 4.79 Å². The molecule has 1 N–H and O–H groups in total. The molecule has 4 rings (SSSR count). The van der Waals surface area contributed by atoms with E-state index < -0.39 is 0 Å². The van der Waals surface area contributed by atoms with E-state index in [2.05, 4.69) is 15.4 Å². The minimum atomic E-state index is -0.216. The number of anilines is 1. The van der Waals surface area contributed by atoms with Crippen LogP contribution >= 0.6 is 11.3 Å². The lowest BCUT2D eigenvalue weighted by Gasteiger charge is -2.08. The molecule has 0 fully saturated rings. The van der Waals surface area contributed by atoms with Gasteiger partial charge in [0.15, 0.2) is 5.82 Å². The van der Waals surface area contributed by atoms with Crippen LogP contribution in [0.2, 0.25) is 0 Å². The van der Waals surface area contributed by atoms with Crippen LogP contribution in [0.4, 0.5) is 5.69 Å². The molecule has 0 aliphatic rings. The van der Waals surface area contributed by atoms with Gasteiger partial charge in [0, 0.05) is 17.9 Å². The summed E-state index contributed by atoms with van der Waals surface area (Å²) < 4.78 is 17.9. The lowest BCUT2D eigenvalue weighted by molar-refractivity contribution is 0.102. The summed E-state index contributed by atoms with van der Waals surface area (Å²) in [5, 5.41) is 9.41. The number of rotatable bonds is 10. The zero-order chi connectivity index (χ0) is 23.0. The van der Waals surface area contributed by atoms with Gasteiger partial charge < -0.3 is 19.5 Å². The first-order valence-corrected chi connectivity index (χ1v) is 11.3. The lowest BCUT2D eigenvalue weighted by atomic mass is 10.2. The topological polar surface area (TPSA) is 87.5 Å². The third-order valence-electron chi connectivity index (χ3n) is 4.69. The molecule has 0 bridgehead atoms. The molecule has 2 aromatic heterocycles. The Labute approximate surface area is 195 Å². The molecule has 4 aromatic rings. The lowest BCUT2D eigenvalue weighted by Crippen LogP contribution is -2.12. The van der Waals surface area contributed by atoms with Crippen molar-refractivity contribution in [2.45, 2.75) is 6.92 Å². The Kier molecular flexibility index (Phi) is 7.33. The largest absolute Gasteiger partial charge is 0.497 e. The summed E-state index contributed by atoms with van der Waals surface area (Å²) in [7, 11) is 1.57. The van der Waals surface area contributed by atoms with Gasteiger partial charge in [0.05, 0.1) is 24.3 Å². The number of aromatic nitrogens is 3. The molecule has 0 atom stereocenters. The number of nitrogens with zero attached hydrogens (tertiary/aromatic N) is 3. The number of methoxy groups -OCH3 is 1. The Bertz CT molecular complexity index is 1190. The molecule has 0 aliphatic carbocycles. The van der Waals surface area contributed by atoms with Crippen LogP contribution in [-0.2, 0) is 4.74 Å². The third kappa shape index (κ3) is 5.57. The van der Waals surface area contributed by atoms with E-state index in [0.717, 1.165) is 10.6 Å². The fourth-order valence-electron chi connectivity index (χ4n) is 3.09. The van der Waals surface area contributed by atoms with E-state index in [9.17, 15) is 4.79 Å². The summed E-state index contributed by atoms with van der Waals surface area (Å²) in [5.74, 6) is 1.10. The van der Waals surface area contributed by atoms with Gasteiger partial charge in [-0.15, -0.1) is 16.4 Å². The van der Waals surface area contributed by atoms with Crippen LogP contribution in [-0.4, -0.2) is 47.6 Å². The highest BCUT2D eigenvalue weighted by molar-refractivity contribution is 7.13. The summed E-state index contributed by atoms with van der Waals surface area (Å²) in [6.07, 6.45) is 0. The van der Waals surface area contributed by atoms with Crippen molar-refractivity contribution in [3.8, 4) is 28.1 Å². The molecule has 33 heavy (non-hydrogen) atoms. The first kappa shape index (κ1) is 22.5. The molecule has 0 radical (unpaired) electrons. The number of thiophene rings is 1. The van der Waals surface area contributed by atoms with Crippen LogP contribution in [0, 0.1) is 0 Å². The normalized spacial score (nSPS) is 10.7. The molecule has 2 heterocycles. The predicted octanol–water partition coefficient (Wildman–Crippen LogP) is 4.67. The van der Waals surface area contributed by atoms with Gasteiger partial charge in [0.1, 0.15) is 12.4 Å². The van der Waals surface area contributed by atoms with E-state index >= 15 is 0 Å². The van der Waals surface area contributed by atoms with Gasteiger partial charge >= 0.3 is 6.01 Å². The number of hydrogen-bond acceptors (Lipinski definition) is 7. The average Bonchev–Trinajstić information content (AvgIpc) is 3.52. The number of nitrogens with one attached hydrogen (secondary N) is 1. The van der Waals surface area contributed by atoms with E-state index in [1.807, 2.05) is 48.7 Å². The van der Waals surface area contributed by atoms with Gasteiger partial charge in [0.25, 0.3) is 5.91 Å². The Morgan fingerprint density at radius 1 is 1.09 bits per heavy atom. The summed E-state index contributed by atoms with van der Waals surface area (Å²) in [5.41, 5.74) is 1.98. The third-order valence-corrected chi connectivity index (χ3v) is 5.56. The maximum Gasteiger partial charge on any atom is 0.336 e. The fourth-order valence-corrected chi connectivity index (χ4v) is 3.79. The zero-order valence-electron chi connectivity index (χ0n) is 18.4. The Balaban J connectivity index is 1.52. The van der Waals surface area contributed by atoms with E-state index in [4.69, 9.17) is 14.2 Å². The summed E-state index contributed by atoms with van der Waals surface area (Å²) in [6.45, 7) is 3.41. The van der Waals surface area contributed by atoms with E-state index in [-0.39, 0.29) is 11.9 Å². The van der Waals surface area contributed by atoms with Crippen molar-refractivity contribution in [1.29, 1.82) is 0 Å². The SMILES string of the molecule is CCOCCOc1nc(-c2cccs2)n(-c2ccc(NC(=O)c3cccc(OC)c3)cc2)n1. The molecular formula is C24H24N4O4S. The highest BCUT2D eigenvalue weighted by Crippen LogP contribution is 2.28. The van der Waals surface area contributed by atoms with Crippen molar-refractivity contribution in [2.24, 2.45) is 0 Å². The molecule has 0 saturated heterocycles. The smallest absolute Gasteiger partial charge is 0.336 e. The van der Waals surface area contributed by atoms with E-state index in [1.165, 1.54) is 0 Å². The molecule has 1 amide bonds. The Hall–Kier alpha value is -3.69. The predicted molar refractivity (Wildman–Crippen MR) is 128 cm³/mol. The molecule has 2 aromatic carbocycles. The second-order valence-electron chi connectivity index (χ2n) is 6.89. The minimum Gasteiger partial charge on any atom is -0.497 e. The number of benzene rings is 2. The second-order valence-corrected chi connectivity index (χ2v) is 7.83. The molecule has 0 spiro atoms. The number of carbonyl (C=O) groups excluding carboxylic acids is 1. The summed E-state index contributed by atoms with van der Waals surface area (Å²) in [4.78, 5) is 18.1. The van der Waals surface area contributed by atoms with Crippen molar-refractivity contribution in [1.82, 2.24) is 14.8 Å². The van der Waals surface area contributed by atoms with Crippen LogP contribution in [0.15, 0.2) is 66.0 Å². The monoisotopic (exact) mass is 464 g/mol. The standard InChI is InChI=1S/C24H24N4O4S/c1-3-31-13-14-32-24-26-22(21-8-5-15-33-21)28(27-24)19-11-9-18(10-12-19)25-23(29)17-6-4-7-20(16-17)30-2/h4-12,15-16H,3,13-14H2,1-2H3,(H,25,29). The molecular weight excluding hydrogens is 440 g/mol. The molecule has 0 unspecified atom stereocenters. The number of amides is 1. The number of carbonyl (C=O) groups is 1. The van der Waals surface area contributed by atoms with Crippen LogP contribution in [0.5, 0.6) is 11.8 Å². The molecule has 8 nitrogen and oxygen atoms in total. The van der Waals surface area contributed by atoms with Gasteiger partial charge in [0.2, 0.25) is 0 Å². The van der Waals surface area contributed by atoms with Crippen molar-refractivity contribution >= 4 is 22.9 Å². The van der Waals surface area contributed by atoms with Crippen molar-refractivity contribution in [2.75, 3.05) is 32.2 Å². The molecule has 9 heteroatoms. The minimum absolute atomic E-state index is 0.216. The first-order chi connectivity index (χ1) is 16.2. The van der Waals surface area contributed by atoms with Crippen LogP contribution in [0.3, 0.4) is 0 Å². The Morgan fingerprint density at radius 3 is 2.67 bits per heavy atom. The number of ether oxygens (including phenoxy) is 3.